The van der Waals surface area contributed by atoms with Crippen LogP contribution in [0.15, 0.2) is 24.3 Å². The van der Waals surface area contributed by atoms with Crippen LogP contribution in [0.3, 0.4) is 0 Å². The third kappa shape index (κ3) is 5.54. The van der Waals surface area contributed by atoms with Gasteiger partial charge in [-0.1, -0.05) is 46.8 Å². The predicted octanol–water partition coefficient (Wildman–Crippen LogP) is 3.61. The summed E-state index contributed by atoms with van der Waals surface area (Å²) in [5.41, 5.74) is 1.49. The van der Waals surface area contributed by atoms with Crippen LogP contribution in [0.4, 0.5) is 0 Å². The quantitative estimate of drug-likeness (QED) is 0.778. The third-order valence-electron chi connectivity index (χ3n) is 2.80. The molecule has 0 aromatic heterocycles. The summed E-state index contributed by atoms with van der Waals surface area (Å²) < 4.78 is 5.76. The van der Waals surface area contributed by atoms with E-state index in [9.17, 15) is 0 Å². The molecule has 0 amide bonds. The first-order valence-electron chi connectivity index (χ1n) is 6.83. The Morgan fingerprint density at radius 2 is 1.94 bits per heavy atom. The molecule has 0 atom stereocenters. The lowest BCUT2D eigenvalue weighted by Gasteiger charge is -2.19. The first-order chi connectivity index (χ1) is 8.39. The van der Waals surface area contributed by atoms with Gasteiger partial charge in [0.05, 0.1) is 0 Å². The lowest BCUT2D eigenvalue weighted by atomic mass is 9.87. The molecule has 0 bridgehead atoms. The van der Waals surface area contributed by atoms with Crippen LogP contribution in [-0.2, 0) is 5.41 Å². The van der Waals surface area contributed by atoms with Crippen molar-refractivity contribution in [1.29, 1.82) is 0 Å². The van der Waals surface area contributed by atoms with Gasteiger partial charge in [-0.3, -0.25) is 0 Å². The van der Waals surface area contributed by atoms with E-state index in [0.717, 1.165) is 25.4 Å². The molecule has 0 unspecified atom stereocenters. The monoisotopic (exact) mass is 249 g/mol. The van der Waals surface area contributed by atoms with Gasteiger partial charge in [0.1, 0.15) is 12.4 Å². The van der Waals surface area contributed by atoms with Crippen LogP contribution in [0.1, 0.15) is 40.2 Å². The zero-order valence-electron chi connectivity index (χ0n) is 12.4. The van der Waals surface area contributed by atoms with Gasteiger partial charge in [-0.05, 0) is 35.6 Å². The van der Waals surface area contributed by atoms with Crippen molar-refractivity contribution in [2.45, 2.75) is 40.0 Å². The molecular formula is C16H27NO. The first-order valence-corrected chi connectivity index (χ1v) is 6.83. The Balaban J connectivity index is 2.39. The highest BCUT2D eigenvalue weighted by Gasteiger charge is 2.13. The maximum atomic E-state index is 5.76. The minimum Gasteiger partial charge on any atom is -0.492 e. The summed E-state index contributed by atoms with van der Waals surface area (Å²) in [5.74, 6) is 1.66. The van der Waals surface area contributed by atoms with Crippen LogP contribution in [0, 0.1) is 5.92 Å². The minimum atomic E-state index is 0.176. The number of ether oxygens (including phenoxy) is 1. The molecule has 0 aliphatic rings. The van der Waals surface area contributed by atoms with Crippen molar-refractivity contribution in [2.75, 3.05) is 19.7 Å². The highest BCUT2D eigenvalue weighted by atomic mass is 16.5. The molecule has 0 saturated heterocycles. The van der Waals surface area contributed by atoms with Crippen molar-refractivity contribution >= 4 is 0 Å². The van der Waals surface area contributed by atoms with Gasteiger partial charge in [-0.15, -0.1) is 0 Å². The molecule has 18 heavy (non-hydrogen) atoms. The molecule has 0 spiro atoms. The number of rotatable bonds is 6. The van der Waals surface area contributed by atoms with Gasteiger partial charge < -0.3 is 10.1 Å². The molecule has 2 nitrogen and oxygen atoms in total. The fourth-order valence-corrected chi connectivity index (χ4v) is 1.68. The van der Waals surface area contributed by atoms with Crippen molar-refractivity contribution in [1.82, 2.24) is 5.32 Å². The van der Waals surface area contributed by atoms with Crippen LogP contribution in [0.25, 0.3) is 0 Å². The van der Waals surface area contributed by atoms with Crippen molar-refractivity contribution in [3.63, 3.8) is 0 Å². The standard InChI is InChI=1S/C16H27NO/c1-13(2)12-17-9-10-18-15-8-6-7-14(11-15)16(3,4)5/h6-8,11,13,17H,9-10,12H2,1-5H3. The normalized spacial score (nSPS) is 11.9. The van der Waals surface area contributed by atoms with E-state index in [1.54, 1.807) is 0 Å². The van der Waals surface area contributed by atoms with Gasteiger partial charge in [0.25, 0.3) is 0 Å². The average molecular weight is 249 g/mol. The fourth-order valence-electron chi connectivity index (χ4n) is 1.68. The molecule has 2 heteroatoms. The van der Waals surface area contributed by atoms with E-state index in [1.807, 2.05) is 6.07 Å². The summed E-state index contributed by atoms with van der Waals surface area (Å²) in [7, 11) is 0. The molecule has 1 N–H and O–H groups in total. The van der Waals surface area contributed by atoms with Gasteiger partial charge in [0.2, 0.25) is 0 Å². The molecule has 0 heterocycles. The fraction of sp³-hybridized carbons (Fsp3) is 0.625. The van der Waals surface area contributed by atoms with Crippen LogP contribution < -0.4 is 10.1 Å². The van der Waals surface area contributed by atoms with E-state index in [2.05, 4.69) is 58.1 Å². The Kier molecular flexibility index (Phi) is 5.67. The molecule has 1 aromatic rings. The second-order valence-electron chi connectivity index (χ2n) is 6.22. The molecule has 0 aliphatic heterocycles. The Bertz CT molecular complexity index is 352. The molecule has 1 aromatic carbocycles. The smallest absolute Gasteiger partial charge is 0.119 e. The molecule has 102 valence electrons. The topological polar surface area (TPSA) is 21.3 Å². The van der Waals surface area contributed by atoms with Gasteiger partial charge in [0, 0.05) is 6.54 Å². The summed E-state index contributed by atoms with van der Waals surface area (Å²) in [6.07, 6.45) is 0. The van der Waals surface area contributed by atoms with Crippen LogP contribution in [-0.4, -0.2) is 19.7 Å². The maximum Gasteiger partial charge on any atom is 0.119 e. The highest BCUT2D eigenvalue weighted by molar-refractivity contribution is 5.32. The Morgan fingerprint density at radius 3 is 2.56 bits per heavy atom. The van der Waals surface area contributed by atoms with Crippen molar-refractivity contribution in [2.24, 2.45) is 5.92 Å². The van der Waals surface area contributed by atoms with E-state index >= 15 is 0 Å². The average Bonchev–Trinajstić information content (AvgIpc) is 2.27. The summed E-state index contributed by atoms with van der Waals surface area (Å²) >= 11 is 0. The largest absolute Gasteiger partial charge is 0.492 e. The lowest BCUT2D eigenvalue weighted by molar-refractivity contribution is 0.310. The second kappa shape index (κ2) is 6.79. The zero-order chi connectivity index (χ0) is 13.6. The predicted molar refractivity (Wildman–Crippen MR) is 78.3 cm³/mol. The van der Waals surface area contributed by atoms with E-state index in [1.165, 1.54) is 5.56 Å². The number of nitrogens with one attached hydrogen (secondary N) is 1. The Hall–Kier alpha value is -1.02. The van der Waals surface area contributed by atoms with Crippen LogP contribution >= 0.6 is 0 Å². The van der Waals surface area contributed by atoms with E-state index in [0.29, 0.717) is 5.92 Å². The number of benzene rings is 1. The van der Waals surface area contributed by atoms with Gasteiger partial charge in [-0.25, -0.2) is 0 Å². The third-order valence-corrected chi connectivity index (χ3v) is 2.80. The molecule has 0 radical (unpaired) electrons. The Labute approximate surface area is 112 Å². The van der Waals surface area contributed by atoms with Gasteiger partial charge in [-0.2, -0.15) is 0 Å². The molecule has 1 rings (SSSR count). The van der Waals surface area contributed by atoms with Crippen molar-refractivity contribution < 1.29 is 4.74 Å². The van der Waals surface area contributed by atoms with Crippen molar-refractivity contribution in [3.8, 4) is 5.75 Å². The first kappa shape index (κ1) is 15.0. The summed E-state index contributed by atoms with van der Waals surface area (Å²) in [5, 5.41) is 3.37. The highest BCUT2D eigenvalue weighted by Crippen LogP contribution is 2.25. The van der Waals surface area contributed by atoms with Gasteiger partial charge in [0.15, 0.2) is 0 Å². The molecule has 0 saturated carbocycles. The van der Waals surface area contributed by atoms with E-state index in [-0.39, 0.29) is 5.41 Å². The van der Waals surface area contributed by atoms with Crippen LogP contribution in [0.5, 0.6) is 5.75 Å². The molecular weight excluding hydrogens is 222 g/mol. The second-order valence-corrected chi connectivity index (χ2v) is 6.22. The van der Waals surface area contributed by atoms with E-state index in [4.69, 9.17) is 4.74 Å². The Morgan fingerprint density at radius 1 is 1.22 bits per heavy atom. The van der Waals surface area contributed by atoms with Crippen molar-refractivity contribution in [3.05, 3.63) is 29.8 Å². The van der Waals surface area contributed by atoms with Crippen LogP contribution in [0.2, 0.25) is 0 Å². The molecule has 0 fully saturated rings. The summed E-state index contributed by atoms with van der Waals surface area (Å²) in [6.45, 7) is 13.7. The number of hydrogen-bond donors (Lipinski definition) is 1. The molecule has 0 aliphatic carbocycles. The minimum absolute atomic E-state index is 0.176. The summed E-state index contributed by atoms with van der Waals surface area (Å²) in [4.78, 5) is 0. The summed E-state index contributed by atoms with van der Waals surface area (Å²) in [6, 6.07) is 8.39. The van der Waals surface area contributed by atoms with E-state index < -0.39 is 0 Å². The maximum absolute atomic E-state index is 5.76. The van der Waals surface area contributed by atoms with Gasteiger partial charge >= 0.3 is 0 Å². The lowest BCUT2D eigenvalue weighted by Crippen LogP contribution is -2.25. The number of hydrogen-bond acceptors (Lipinski definition) is 2. The zero-order valence-corrected chi connectivity index (χ0v) is 12.4. The SMILES string of the molecule is CC(C)CNCCOc1cccc(C(C)(C)C)c1.